The van der Waals surface area contributed by atoms with Gasteiger partial charge in [0.25, 0.3) is 0 Å². The number of aryl methyl sites for hydroxylation is 1. The van der Waals surface area contributed by atoms with Crippen molar-refractivity contribution in [2.75, 3.05) is 0 Å². The second-order valence-corrected chi connectivity index (χ2v) is 4.41. The number of aromatic carboxylic acids is 1. The summed E-state index contributed by atoms with van der Waals surface area (Å²) in [5.74, 6) is -0.590. The smallest absolute Gasteiger partial charge is 0.354 e. The highest BCUT2D eigenvalue weighted by Crippen LogP contribution is 2.27. The lowest BCUT2D eigenvalue weighted by molar-refractivity contribution is 0.0689. The first kappa shape index (κ1) is 13.0. The van der Waals surface area contributed by atoms with E-state index in [-0.39, 0.29) is 11.7 Å². The second-order valence-electron chi connectivity index (χ2n) is 4.41. The van der Waals surface area contributed by atoms with E-state index >= 15 is 0 Å². The molecule has 0 saturated heterocycles. The number of hydrogen-bond donors (Lipinski definition) is 1. The highest BCUT2D eigenvalue weighted by molar-refractivity contribution is 5.86. The van der Waals surface area contributed by atoms with Gasteiger partial charge in [0, 0.05) is 17.3 Å². The Balaban J connectivity index is 2.05. The molecule has 0 aliphatic heterocycles. The summed E-state index contributed by atoms with van der Waals surface area (Å²) in [5, 5.41) is 9.82. The lowest BCUT2D eigenvalue weighted by Gasteiger charge is -2.08. The summed E-state index contributed by atoms with van der Waals surface area (Å²) in [6.45, 7) is 1.69. The normalized spacial score (nSPS) is 10.5. The number of aromatic nitrogens is 3. The Labute approximate surface area is 120 Å². The van der Waals surface area contributed by atoms with Crippen molar-refractivity contribution < 1.29 is 14.6 Å². The Bertz CT molecular complexity index is 828. The molecule has 21 heavy (non-hydrogen) atoms. The fraction of sp³-hybridized carbons (Fsp3) is 0.0667. The maximum atomic E-state index is 11.0. The first-order chi connectivity index (χ1) is 10.1. The fourth-order valence-electron chi connectivity index (χ4n) is 1.96. The Morgan fingerprint density at radius 2 is 2.05 bits per heavy atom. The van der Waals surface area contributed by atoms with E-state index < -0.39 is 5.97 Å². The fourth-order valence-corrected chi connectivity index (χ4v) is 1.96. The van der Waals surface area contributed by atoms with Gasteiger partial charge in [0.2, 0.25) is 0 Å². The number of hydrogen-bond acceptors (Lipinski definition) is 5. The van der Waals surface area contributed by atoms with Crippen LogP contribution in [-0.2, 0) is 0 Å². The predicted octanol–water partition coefficient (Wildman–Crippen LogP) is 2.82. The molecule has 3 rings (SSSR count). The second kappa shape index (κ2) is 5.16. The van der Waals surface area contributed by atoms with E-state index in [4.69, 9.17) is 9.84 Å². The zero-order valence-corrected chi connectivity index (χ0v) is 11.1. The average molecular weight is 281 g/mol. The SMILES string of the molecule is Cc1cc(C(=O)O)nc(Oc2cccc3ncccc23)n1. The Hall–Kier alpha value is -3.02. The lowest BCUT2D eigenvalue weighted by Crippen LogP contribution is -2.04. The minimum Gasteiger partial charge on any atom is -0.477 e. The van der Waals surface area contributed by atoms with Gasteiger partial charge < -0.3 is 9.84 Å². The van der Waals surface area contributed by atoms with E-state index in [0.717, 1.165) is 10.9 Å². The zero-order chi connectivity index (χ0) is 14.8. The summed E-state index contributed by atoms with van der Waals surface area (Å²) >= 11 is 0. The number of carboxylic acids is 1. The van der Waals surface area contributed by atoms with Gasteiger partial charge in [-0.05, 0) is 37.3 Å². The molecule has 0 fully saturated rings. The molecule has 6 heteroatoms. The van der Waals surface area contributed by atoms with Gasteiger partial charge in [-0.3, -0.25) is 4.98 Å². The summed E-state index contributed by atoms with van der Waals surface area (Å²) in [6, 6.07) is 10.5. The van der Waals surface area contributed by atoms with Gasteiger partial charge in [0.15, 0.2) is 5.69 Å². The minimum absolute atomic E-state index is 0.00348. The number of carboxylic acid groups (broad SMARTS) is 1. The third-order valence-electron chi connectivity index (χ3n) is 2.86. The molecule has 2 aromatic heterocycles. The summed E-state index contributed by atoms with van der Waals surface area (Å²) in [4.78, 5) is 23.2. The average Bonchev–Trinajstić information content (AvgIpc) is 2.47. The Morgan fingerprint density at radius 1 is 1.19 bits per heavy atom. The van der Waals surface area contributed by atoms with Gasteiger partial charge in [0.1, 0.15) is 5.75 Å². The predicted molar refractivity (Wildman–Crippen MR) is 75.5 cm³/mol. The van der Waals surface area contributed by atoms with Gasteiger partial charge in [-0.25, -0.2) is 9.78 Å². The van der Waals surface area contributed by atoms with Gasteiger partial charge >= 0.3 is 12.0 Å². The standard InChI is InChI=1S/C15H11N3O3/c1-9-8-12(14(19)20)18-15(17-9)21-13-6-2-5-11-10(13)4-3-7-16-11/h2-8H,1H3,(H,19,20). The molecule has 1 N–H and O–H groups in total. The Morgan fingerprint density at radius 3 is 2.86 bits per heavy atom. The molecule has 0 aliphatic carbocycles. The van der Waals surface area contributed by atoms with Crippen LogP contribution in [0.15, 0.2) is 42.6 Å². The van der Waals surface area contributed by atoms with Crippen LogP contribution in [0.25, 0.3) is 10.9 Å². The van der Waals surface area contributed by atoms with Crippen molar-refractivity contribution >= 4 is 16.9 Å². The molecule has 0 aliphatic rings. The van der Waals surface area contributed by atoms with Crippen LogP contribution in [0.3, 0.4) is 0 Å². The summed E-state index contributed by atoms with van der Waals surface area (Å²) in [7, 11) is 0. The lowest BCUT2D eigenvalue weighted by atomic mass is 10.2. The highest BCUT2D eigenvalue weighted by Gasteiger charge is 2.11. The number of rotatable bonds is 3. The van der Waals surface area contributed by atoms with Crippen molar-refractivity contribution in [1.82, 2.24) is 15.0 Å². The van der Waals surface area contributed by atoms with Gasteiger partial charge in [-0.15, -0.1) is 0 Å². The molecular weight excluding hydrogens is 270 g/mol. The van der Waals surface area contributed by atoms with Crippen LogP contribution < -0.4 is 4.74 Å². The first-order valence-corrected chi connectivity index (χ1v) is 6.24. The van der Waals surface area contributed by atoms with E-state index in [0.29, 0.717) is 11.4 Å². The van der Waals surface area contributed by atoms with Crippen LogP contribution >= 0.6 is 0 Å². The van der Waals surface area contributed by atoms with E-state index in [1.54, 1.807) is 31.3 Å². The van der Waals surface area contributed by atoms with Gasteiger partial charge in [-0.1, -0.05) is 6.07 Å². The maximum absolute atomic E-state index is 11.0. The molecule has 2 heterocycles. The summed E-state index contributed by atoms with van der Waals surface area (Å²) < 4.78 is 5.64. The van der Waals surface area contributed by atoms with Crippen LogP contribution in [0.5, 0.6) is 11.8 Å². The third-order valence-corrected chi connectivity index (χ3v) is 2.86. The van der Waals surface area contributed by atoms with Crippen molar-refractivity contribution in [2.24, 2.45) is 0 Å². The molecule has 0 bridgehead atoms. The number of ether oxygens (including phenoxy) is 1. The molecule has 0 spiro atoms. The summed E-state index contributed by atoms with van der Waals surface area (Å²) in [5.41, 5.74) is 1.20. The number of carbonyl (C=O) groups is 1. The van der Waals surface area contributed by atoms with Crippen LogP contribution in [0.1, 0.15) is 16.2 Å². The van der Waals surface area contributed by atoms with Crippen LogP contribution in [0, 0.1) is 6.92 Å². The molecular formula is C15H11N3O3. The topological polar surface area (TPSA) is 85.2 Å². The van der Waals surface area contributed by atoms with Gasteiger partial charge in [0.05, 0.1) is 5.52 Å². The van der Waals surface area contributed by atoms with Crippen LogP contribution in [-0.4, -0.2) is 26.0 Å². The number of benzene rings is 1. The van der Waals surface area contributed by atoms with Crippen LogP contribution in [0.2, 0.25) is 0 Å². The molecule has 6 nitrogen and oxygen atoms in total. The van der Waals surface area contributed by atoms with Crippen molar-refractivity contribution in [3.63, 3.8) is 0 Å². The maximum Gasteiger partial charge on any atom is 0.354 e. The molecule has 0 atom stereocenters. The zero-order valence-electron chi connectivity index (χ0n) is 11.1. The van der Waals surface area contributed by atoms with E-state index in [1.807, 2.05) is 12.1 Å². The molecule has 104 valence electrons. The minimum atomic E-state index is -1.12. The summed E-state index contributed by atoms with van der Waals surface area (Å²) in [6.07, 6.45) is 1.69. The molecule has 0 saturated carbocycles. The molecule has 0 amide bonds. The van der Waals surface area contributed by atoms with Crippen LogP contribution in [0.4, 0.5) is 0 Å². The van der Waals surface area contributed by atoms with Crippen molar-refractivity contribution in [1.29, 1.82) is 0 Å². The van der Waals surface area contributed by atoms with Crippen molar-refractivity contribution in [3.8, 4) is 11.8 Å². The highest BCUT2D eigenvalue weighted by atomic mass is 16.5. The monoisotopic (exact) mass is 281 g/mol. The van der Waals surface area contributed by atoms with E-state index in [9.17, 15) is 4.79 Å². The number of pyridine rings is 1. The Kier molecular flexibility index (Phi) is 3.19. The number of nitrogens with zero attached hydrogens (tertiary/aromatic N) is 3. The number of fused-ring (bicyclic) bond motifs is 1. The first-order valence-electron chi connectivity index (χ1n) is 6.24. The van der Waals surface area contributed by atoms with E-state index in [1.165, 1.54) is 6.07 Å². The molecule has 3 aromatic rings. The molecule has 0 unspecified atom stereocenters. The van der Waals surface area contributed by atoms with Crippen molar-refractivity contribution in [3.05, 3.63) is 54.0 Å². The molecule has 0 radical (unpaired) electrons. The molecule has 1 aromatic carbocycles. The largest absolute Gasteiger partial charge is 0.477 e. The van der Waals surface area contributed by atoms with Crippen molar-refractivity contribution in [2.45, 2.75) is 6.92 Å². The third kappa shape index (κ3) is 2.64. The van der Waals surface area contributed by atoms with E-state index in [2.05, 4.69) is 15.0 Å². The van der Waals surface area contributed by atoms with Gasteiger partial charge in [-0.2, -0.15) is 4.98 Å². The quantitative estimate of drug-likeness (QED) is 0.794.